The molecule has 1 amide bonds. The van der Waals surface area contributed by atoms with Gasteiger partial charge in [0.2, 0.25) is 5.91 Å². The molecule has 18 heavy (non-hydrogen) atoms. The average Bonchev–Trinajstić information content (AvgIpc) is 3.04. The second-order valence-electron chi connectivity index (χ2n) is 5.88. The van der Waals surface area contributed by atoms with Crippen molar-refractivity contribution >= 4 is 11.9 Å². The first-order valence-corrected chi connectivity index (χ1v) is 7.10. The predicted molar refractivity (Wildman–Crippen MR) is 68.1 cm³/mol. The van der Waals surface area contributed by atoms with Gasteiger partial charge in [0.25, 0.3) is 0 Å². The summed E-state index contributed by atoms with van der Waals surface area (Å²) in [5.41, 5.74) is 0. The summed E-state index contributed by atoms with van der Waals surface area (Å²) in [6.45, 7) is 1.83. The Balaban J connectivity index is 1.87. The van der Waals surface area contributed by atoms with Crippen molar-refractivity contribution in [1.29, 1.82) is 0 Å². The highest BCUT2D eigenvalue weighted by molar-refractivity contribution is 5.83. The average molecular weight is 253 g/mol. The number of aliphatic carboxylic acids is 1. The Morgan fingerprint density at radius 1 is 1.22 bits per heavy atom. The fourth-order valence-corrected chi connectivity index (χ4v) is 3.05. The third kappa shape index (κ3) is 3.47. The molecule has 0 aromatic carbocycles. The van der Waals surface area contributed by atoms with E-state index in [1.165, 1.54) is 25.7 Å². The molecule has 1 N–H and O–H groups in total. The second kappa shape index (κ2) is 5.72. The zero-order chi connectivity index (χ0) is 13.1. The zero-order valence-corrected chi connectivity index (χ0v) is 11.1. The third-order valence-electron chi connectivity index (χ3n) is 4.16. The van der Waals surface area contributed by atoms with Crippen LogP contribution in [0.1, 0.15) is 51.9 Å². The molecule has 0 radical (unpaired) electrons. The lowest BCUT2D eigenvalue weighted by Gasteiger charge is -2.25. The standard InChI is InChI=1S/C14H23NO3/c1-10(8-11-4-2-3-5-11)14(18)15(9-13(16)17)12-6-7-12/h10-12H,2-9H2,1H3,(H,16,17). The number of carbonyl (C=O) groups is 2. The Hall–Kier alpha value is -1.06. The van der Waals surface area contributed by atoms with Crippen molar-refractivity contribution in [3.63, 3.8) is 0 Å². The first kappa shape index (κ1) is 13.4. The van der Waals surface area contributed by atoms with Crippen LogP contribution in [0.15, 0.2) is 0 Å². The van der Waals surface area contributed by atoms with Crippen molar-refractivity contribution in [2.75, 3.05) is 6.54 Å². The van der Waals surface area contributed by atoms with Gasteiger partial charge < -0.3 is 10.0 Å². The number of carbonyl (C=O) groups excluding carboxylic acids is 1. The van der Waals surface area contributed by atoms with E-state index < -0.39 is 5.97 Å². The van der Waals surface area contributed by atoms with E-state index in [4.69, 9.17) is 5.11 Å². The molecule has 4 heteroatoms. The number of hydrogen-bond acceptors (Lipinski definition) is 2. The van der Waals surface area contributed by atoms with E-state index in [9.17, 15) is 9.59 Å². The molecule has 4 nitrogen and oxygen atoms in total. The molecule has 0 aromatic rings. The molecule has 0 aromatic heterocycles. The van der Waals surface area contributed by atoms with E-state index in [0.717, 1.165) is 19.3 Å². The van der Waals surface area contributed by atoms with Crippen molar-refractivity contribution in [2.24, 2.45) is 11.8 Å². The normalized spacial score (nSPS) is 21.8. The molecule has 102 valence electrons. The maximum absolute atomic E-state index is 12.3. The van der Waals surface area contributed by atoms with Crippen molar-refractivity contribution < 1.29 is 14.7 Å². The van der Waals surface area contributed by atoms with Crippen LogP contribution in [0.3, 0.4) is 0 Å². The molecular weight excluding hydrogens is 230 g/mol. The summed E-state index contributed by atoms with van der Waals surface area (Å²) in [6, 6.07) is 0.194. The lowest BCUT2D eigenvalue weighted by atomic mass is 9.93. The van der Waals surface area contributed by atoms with Gasteiger partial charge in [-0.05, 0) is 25.2 Å². The smallest absolute Gasteiger partial charge is 0.323 e. The quantitative estimate of drug-likeness (QED) is 0.790. The Morgan fingerprint density at radius 2 is 1.83 bits per heavy atom. The van der Waals surface area contributed by atoms with Gasteiger partial charge in [0.15, 0.2) is 0 Å². The van der Waals surface area contributed by atoms with E-state index in [-0.39, 0.29) is 24.4 Å². The number of hydrogen-bond donors (Lipinski definition) is 1. The van der Waals surface area contributed by atoms with Gasteiger partial charge in [0.05, 0.1) is 0 Å². The van der Waals surface area contributed by atoms with E-state index in [1.54, 1.807) is 4.90 Å². The van der Waals surface area contributed by atoms with E-state index in [2.05, 4.69) is 0 Å². The molecule has 2 fully saturated rings. The fraction of sp³-hybridized carbons (Fsp3) is 0.857. The fourth-order valence-electron chi connectivity index (χ4n) is 3.05. The monoisotopic (exact) mass is 253 g/mol. The first-order valence-electron chi connectivity index (χ1n) is 7.10. The van der Waals surface area contributed by atoms with Crippen molar-refractivity contribution in [2.45, 2.75) is 57.9 Å². The highest BCUT2D eigenvalue weighted by Gasteiger charge is 2.36. The lowest BCUT2D eigenvalue weighted by Crippen LogP contribution is -2.40. The third-order valence-corrected chi connectivity index (χ3v) is 4.16. The number of carboxylic acid groups (broad SMARTS) is 1. The molecular formula is C14H23NO3. The molecule has 0 aliphatic heterocycles. The minimum Gasteiger partial charge on any atom is -0.480 e. The molecule has 2 aliphatic carbocycles. The zero-order valence-electron chi connectivity index (χ0n) is 11.1. The Kier molecular flexibility index (Phi) is 4.25. The van der Waals surface area contributed by atoms with E-state index in [1.807, 2.05) is 6.92 Å². The summed E-state index contributed by atoms with van der Waals surface area (Å²) in [7, 11) is 0. The second-order valence-corrected chi connectivity index (χ2v) is 5.88. The van der Waals surface area contributed by atoms with Gasteiger partial charge in [0, 0.05) is 12.0 Å². The highest BCUT2D eigenvalue weighted by atomic mass is 16.4. The molecule has 0 bridgehead atoms. The predicted octanol–water partition coefficient (Wildman–Crippen LogP) is 2.28. The van der Waals surface area contributed by atoms with Crippen LogP contribution in [0.25, 0.3) is 0 Å². The molecule has 2 rings (SSSR count). The first-order chi connectivity index (χ1) is 8.58. The Labute approximate surface area is 108 Å². The summed E-state index contributed by atoms with van der Waals surface area (Å²) in [5.74, 6) is -0.196. The minimum absolute atomic E-state index is 0.0203. The van der Waals surface area contributed by atoms with Gasteiger partial charge in [-0.3, -0.25) is 9.59 Å². The van der Waals surface area contributed by atoms with Crippen LogP contribution < -0.4 is 0 Å². The van der Waals surface area contributed by atoms with Crippen LogP contribution in [0.4, 0.5) is 0 Å². The molecule has 0 saturated heterocycles. The van der Waals surface area contributed by atoms with Crippen LogP contribution >= 0.6 is 0 Å². The maximum Gasteiger partial charge on any atom is 0.323 e. The topological polar surface area (TPSA) is 57.6 Å². The van der Waals surface area contributed by atoms with Crippen LogP contribution in [0.2, 0.25) is 0 Å². The van der Waals surface area contributed by atoms with Crippen molar-refractivity contribution in [1.82, 2.24) is 4.90 Å². The van der Waals surface area contributed by atoms with Gasteiger partial charge in [0.1, 0.15) is 6.54 Å². The highest BCUT2D eigenvalue weighted by Crippen LogP contribution is 2.33. The SMILES string of the molecule is CC(CC1CCCC1)C(=O)N(CC(=O)O)C1CC1. The number of nitrogens with zero attached hydrogens (tertiary/aromatic N) is 1. The summed E-state index contributed by atoms with van der Waals surface area (Å²) in [5, 5.41) is 8.88. The number of rotatable bonds is 6. The van der Waals surface area contributed by atoms with Gasteiger partial charge in [-0.25, -0.2) is 0 Å². The van der Waals surface area contributed by atoms with Crippen molar-refractivity contribution in [3.05, 3.63) is 0 Å². The number of amides is 1. The molecule has 1 atom stereocenters. The van der Waals surface area contributed by atoms with Gasteiger partial charge in [-0.2, -0.15) is 0 Å². The maximum atomic E-state index is 12.3. The molecule has 0 spiro atoms. The Bertz CT molecular complexity index is 319. The van der Waals surface area contributed by atoms with Gasteiger partial charge in [-0.15, -0.1) is 0 Å². The molecule has 0 heterocycles. The van der Waals surface area contributed by atoms with Crippen molar-refractivity contribution in [3.8, 4) is 0 Å². The van der Waals surface area contributed by atoms with E-state index in [0.29, 0.717) is 5.92 Å². The summed E-state index contributed by atoms with van der Waals surface area (Å²) >= 11 is 0. The summed E-state index contributed by atoms with van der Waals surface area (Å²) in [4.78, 5) is 24.7. The van der Waals surface area contributed by atoms with Gasteiger partial charge in [-0.1, -0.05) is 32.6 Å². The molecule has 2 aliphatic rings. The number of carboxylic acids is 1. The summed E-state index contributed by atoms with van der Waals surface area (Å²) in [6.07, 6.45) is 7.91. The van der Waals surface area contributed by atoms with Crippen LogP contribution in [-0.2, 0) is 9.59 Å². The van der Waals surface area contributed by atoms with E-state index >= 15 is 0 Å². The summed E-state index contributed by atoms with van der Waals surface area (Å²) < 4.78 is 0. The molecule has 1 unspecified atom stereocenters. The van der Waals surface area contributed by atoms with Gasteiger partial charge >= 0.3 is 5.97 Å². The largest absolute Gasteiger partial charge is 0.480 e. The lowest BCUT2D eigenvalue weighted by molar-refractivity contribution is -0.146. The van der Waals surface area contributed by atoms with Crippen LogP contribution in [0, 0.1) is 11.8 Å². The minimum atomic E-state index is -0.900. The van der Waals surface area contributed by atoms with Crippen LogP contribution in [0.5, 0.6) is 0 Å². The molecule has 2 saturated carbocycles. The Morgan fingerprint density at radius 3 is 2.33 bits per heavy atom. The van der Waals surface area contributed by atoms with Crippen LogP contribution in [-0.4, -0.2) is 34.5 Å².